The predicted octanol–water partition coefficient (Wildman–Crippen LogP) is 2.05. The van der Waals surface area contributed by atoms with Crippen molar-refractivity contribution in [2.75, 3.05) is 20.1 Å². The van der Waals surface area contributed by atoms with Crippen LogP contribution in [0.2, 0.25) is 0 Å². The van der Waals surface area contributed by atoms with Crippen LogP contribution in [0.3, 0.4) is 0 Å². The molecule has 0 fully saturated rings. The fourth-order valence-corrected chi connectivity index (χ4v) is 3.25. The molecule has 0 aliphatic carbocycles. The third-order valence-electron chi connectivity index (χ3n) is 3.24. The Bertz CT molecular complexity index is 730. The van der Waals surface area contributed by atoms with Gasteiger partial charge in [-0.25, -0.2) is 9.59 Å². The van der Waals surface area contributed by atoms with Gasteiger partial charge in [0, 0.05) is 18.7 Å². The normalized spacial score (nSPS) is 14.2. The summed E-state index contributed by atoms with van der Waals surface area (Å²) in [6.07, 6.45) is 3.31. The van der Waals surface area contributed by atoms with E-state index < -0.39 is 11.9 Å². The maximum atomic E-state index is 9.10. The van der Waals surface area contributed by atoms with E-state index in [1.165, 1.54) is 22.9 Å². The standard InChI is InChI=1S/C13H15N3OS2.C2H2O4/c1-16-5-2-3-11(7-16)12-13(15-19-14-12)17-8-10-4-6-18-9-10;3-1(4)2(5)6/h3-4,6,9H,2,5,7-8H2,1H3;(H,3,4)(H,5,6). The van der Waals surface area contributed by atoms with E-state index in [1.54, 1.807) is 11.3 Å². The van der Waals surface area contributed by atoms with Crippen LogP contribution in [0.4, 0.5) is 0 Å². The molecule has 0 saturated carbocycles. The molecule has 3 heterocycles. The van der Waals surface area contributed by atoms with E-state index in [0.717, 1.165) is 25.2 Å². The molecule has 0 spiro atoms. The number of nitrogens with zero attached hydrogens (tertiary/aromatic N) is 3. The second-order valence-corrected chi connectivity index (χ2v) is 6.51. The zero-order valence-corrected chi connectivity index (χ0v) is 15.0. The fourth-order valence-electron chi connectivity index (χ4n) is 2.06. The first-order valence-corrected chi connectivity index (χ1v) is 8.95. The molecular formula is C15H17N3O5S2. The molecule has 0 aromatic carbocycles. The predicted molar refractivity (Wildman–Crippen MR) is 93.9 cm³/mol. The quantitative estimate of drug-likeness (QED) is 0.772. The van der Waals surface area contributed by atoms with Crippen LogP contribution >= 0.6 is 23.1 Å². The molecule has 0 unspecified atom stereocenters. The molecule has 0 saturated heterocycles. The van der Waals surface area contributed by atoms with E-state index in [-0.39, 0.29) is 0 Å². The summed E-state index contributed by atoms with van der Waals surface area (Å²) < 4.78 is 14.4. The number of hydrogen-bond acceptors (Lipinski definition) is 8. The van der Waals surface area contributed by atoms with E-state index in [9.17, 15) is 0 Å². The maximum Gasteiger partial charge on any atom is 0.414 e. The van der Waals surface area contributed by atoms with Gasteiger partial charge in [-0.3, -0.25) is 0 Å². The Kier molecular flexibility index (Phi) is 7.04. The van der Waals surface area contributed by atoms with Crippen LogP contribution in [0.1, 0.15) is 17.7 Å². The molecule has 25 heavy (non-hydrogen) atoms. The highest BCUT2D eigenvalue weighted by Crippen LogP contribution is 2.27. The lowest BCUT2D eigenvalue weighted by molar-refractivity contribution is -0.159. The molecule has 10 heteroatoms. The highest BCUT2D eigenvalue weighted by Gasteiger charge is 2.18. The number of carbonyl (C=O) groups is 2. The van der Waals surface area contributed by atoms with E-state index >= 15 is 0 Å². The van der Waals surface area contributed by atoms with Gasteiger partial charge in [0.1, 0.15) is 12.3 Å². The summed E-state index contributed by atoms with van der Waals surface area (Å²) in [5, 5.41) is 18.9. The lowest BCUT2D eigenvalue weighted by atomic mass is 10.1. The Balaban J connectivity index is 0.000000326. The van der Waals surface area contributed by atoms with Crippen molar-refractivity contribution in [3.05, 3.63) is 34.2 Å². The molecule has 2 N–H and O–H groups in total. The lowest BCUT2D eigenvalue weighted by Crippen LogP contribution is -2.25. The third kappa shape index (κ3) is 5.93. The molecule has 3 rings (SSSR count). The van der Waals surface area contributed by atoms with Gasteiger partial charge >= 0.3 is 11.9 Å². The smallest absolute Gasteiger partial charge is 0.414 e. The van der Waals surface area contributed by atoms with E-state index in [2.05, 4.69) is 43.6 Å². The minimum absolute atomic E-state index is 0.561. The summed E-state index contributed by atoms with van der Waals surface area (Å²) in [5.74, 6) is -2.98. The molecule has 0 amide bonds. The lowest BCUT2D eigenvalue weighted by Gasteiger charge is -2.22. The Labute approximate surface area is 152 Å². The summed E-state index contributed by atoms with van der Waals surface area (Å²) in [5.41, 5.74) is 3.31. The number of rotatable bonds is 4. The fraction of sp³-hybridized carbons (Fsp3) is 0.333. The molecule has 8 nitrogen and oxygen atoms in total. The van der Waals surface area contributed by atoms with Crippen LogP contribution in [0.5, 0.6) is 5.88 Å². The second kappa shape index (κ2) is 9.25. The number of aromatic nitrogens is 2. The number of hydrogen-bond donors (Lipinski definition) is 2. The monoisotopic (exact) mass is 383 g/mol. The van der Waals surface area contributed by atoms with Gasteiger partial charge in [0.25, 0.3) is 5.88 Å². The van der Waals surface area contributed by atoms with Crippen LogP contribution < -0.4 is 4.74 Å². The minimum atomic E-state index is -1.82. The summed E-state index contributed by atoms with van der Waals surface area (Å²) in [6, 6.07) is 2.07. The summed E-state index contributed by atoms with van der Waals surface area (Å²) >= 11 is 2.89. The van der Waals surface area contributed by atoms with Crippen LogP contribution in [0, 0.1) is 0 Å². The molecule has 0 atom stereocenters. The molecule has 2 aromatic rings. The Morgan fingerprint density at radius 3 is 2.68 bits per heavy atom. The van der Waals surface area contributed by atoms with E-state index in [4.69, 9.17) is 24.5 Å². The van der Waals surface area contributed by atoms with Crippen molar-refractivity contribution < 1.29 is 24.5 Å². The first-order chi connectivity index (χ1) is 12.0. The first kappa shape index (κ1) is 19.0. The van der Waals surface area contributed by atoms with Crippen molar-refractivity contribution in [1.29, 1.82) is 0 Å². The zero-order chi connectivity index (χ0) is 18.2. The molecule has 1 aliphatic rings. The highest BCUT2D eigenvalue weighted by molar-refractivity contribution is 7.07. The van der Waals surface area contributed by atoms with Gasteiger partial charge in [-0.15, -0.1) is 4.37 Å². The van der Waals surface area contributed by atoms with Gasteiger partial charge in [-0.2, -0.15) is 15.7 Å². The summed E-state index contributed by atoms with van der Waals surface area (Å²) in [4.78, 5) is 20.5. The topological polar surface area (TPSA) is 113 Å². The van der Waals surface area contributed by atoms with Crippen molar-refractivity contribution in [2.45, 2.75) is 13.0 Å². The summed E-state index contributed by atoms with van der Waals surface area (Å²) in [6.45, 7) is 2.58. The summed E-state index contributed by atoms with van der Waals surface area (Å²) in [7, 11) is 2.12. The van der Waals surface area contributed by atoms with Crippen LogP contribution in [-0.2, 0) is 16.2 Å². The molecule has 2 aromatic heterocycles. The number of carboxylic acid groups (broad SMARTS) is 2. The van der Waals surface area contributed by atoms with Crippen molar-refractivity contribution >= 4 is 40.6 Å². The molecule has 1 aliphatic heterocycles. The van der Waals surface area contributed by atoms with Gasteiger partial charge in [-0.05, 0) is 35.9 Å². The maximum absolute atomic E-state index is 9.10. The Hall–Kier alpha value is -2.30. The SMILES string of the molecule is CN1CCC=C(c2nsnc2OCc2ccsc2)C1.O=C(O)C(=O)O. The molecule has 134 valence electrons. The average molecular weight is 383 g/mol. The number of ether oxygens (including phenoxy) is 1. The van der Waals surface area contributed by atoms with Crippen LogP contribution in [0.25, 0.3) is 5.57 Å². The van der Waals surface area contributed by atoms with Gasteiger partial charge in [0.05, 0.1) is 11.7 Å². The number of likely N-dealkylation sites (N-methyl/N-ethyl adjacent to an activating group) is 1. The third-order valence-corrected chi connectivity index (χ3v) is 4.49. The number of thiophene rings is 1. The van der Waals surface area contributed by atoms with Crippen LogP contribution in [0.15, 0.2) is 22.9 Å². The minimum Gasteiger partial charge on any atom is -0.473 e. The molecular weight excluding hydrogens is 366 g/mol. The van der Waals surface area contributed by atoms with Gasteiger partial charge in [-0.1, -0.05) is 6.08 Å². The van der Waals surface area contributed by atoms with Crippen molar-refractivity contribution in [1.82, 2.24) is 13.6 Å². The Morgan fingerprint density at radius 1 is 1.32 bits per heavy atom. The van der Waals surface area contributed by atoms with Crippen molar-refractivity contribution in [3.8, 4) is 5.88 Å². The van der Waals surface area contributed by atoms with Gasteiger partial charge in [0.15, 0.2) is 0 Å². The van der Waals surface area contributed by atoms with Gasteiger partial charge < -0.3 is 19.8 Å². The highest BCUT2D eigenvalue weighted by atomic mass is 32.1. The molecule has 0 bridgehead atoms. The number of carboxylic acids is 2. The second-order valence-electron chi connectivity index (χ2n) is 5.20. The largest absolute Gasteiger partial charge is 0.473 e. The van der Waals surface area contributed by atoms with E-state index in [1.807, 2.05) is 0 Å². The average Bonchev–Trinajstić information content (AvgIpc) is 3.25. The van der Waals surface area contributed by atoms with Crippen LogP contribution in [-0.4, -0.2) is 55.9 Å². The molecule has 0 radical (unpaired) electrons. The van der Waals surface area contributed by atoms with Gasteiger partial charge in [0.2, 0.25) is 0 Å². The first-order valence-electron chi connectivity index (χ1n) is 7.28. The van der Waals surface area contributed by atoms with Crippen molar-refractivity contribution in [3.63, 3.8) is 0 Å². The Morgan fingerprint density at radius 2 is 2.08 bits per heavy atom. The number of aliphatic carboxylic acids is 2. The van der Waals surface area contributed by atoms with Crippen molar-refractivity contribution in [2.24, 2.45) is 0 Å². The van der Waals surface area contributed by atoms with E-state index in [0.29, 0.717) is 12.5 Å². The zero-order valence-electron chi connectivity index (χ0n) is 13.4.